The minimum Gasteiger partial charge on any atom is -0.394 e. The molecule has 0 aromatic heterocycles. The molecule has 2 saturated heterocycles. The summed E-state index contributed by atoms with van der Waals surface area (Å²) in [6.07, 6.45) is -19.0. The van der Waals surface area contributed by atoms with Gasteiger partial charge in [-0.05, 0) is 0 Å². The molecule has 13 atom stereocenters. The van der Waals surface area contributed by atoms with Crippen LogP contribution < -0.4 is 0 Å². The molecule has 0 aromatic rings. The number of rotatable bonds is 10. The van der Waals surface area contributed by atoms with E-state index in [1.54, 1.807) is 0 Å². The van der Waals surface area contributed by atoms with E-state index < -0.39 is 112 Å². The van der Waals surface area contributed by atoms with Crippen LogP contribution in [0, 0.1) is 0 Å². The van der Waals surface area contributed by atoms with Gasteiger partial charge < -0.3 is 85.7 Å². The molecule has 0 bridgehead atoms. The molecule has 35 heavy (non-hydrogen) atoms. The lowest BCUT2D eigenvalue weighted by atomic mass is 9.99. The van der Waals surface area contributed by atoms with Crippen LogP contribution in [0.2, 0.25) is 0 Å². The fraction of sp³-hybridized carbons (Fsp3) is 1.00. The highest BCUT2D eigenvalue weighted by atomic mass is 16.8. The maximum Gasteiger partial charge on any atom is 0.224 e. The Kier molecular flexibility index (Phi) is 13.2. The van der Waals surface area contributed by atoms with E-state index in [2.05, 4.69) is 0 Å². The average Bonchev–Trinajstić information content (AvgIpc) is 3.12. The number of aliphatic hydroxyl groups is 14. The van der Waals surface area contributed by atoms with Gasteiger partial charge in [0.2, 0.25) is 5.79 Å². The van der Waals surface area contributed by atoms with Gasteiger partial charge >= 0.3 is 0 Å². The van der Waals surface area contributed by atoms with Gasteiger partial charge in [-0.2, -0.15) is 0 Å². The summed E-state index contributed by atoms with van der Waals surface area (Å²) in [7, 11) is 0. The van der Waals surface area contributed by atoms with E-state index in [0.29, 0.717) is 0 Å². The normalized spacial score (nSPS) is 41.0. The SMILES string of the molecule is OC[C@@H](O)[C@@H](O)[C@H](O)[C@H](O)CO.OC[C@H]1O[C@@](CO)(O[C@H]2O[C@H](CO)[C@@H](O)[C@H](O)[C@H]2O)[C@@H](O)[C@@H]1O. The van der Waals surface area contributed by atoms with Gasteiger partial charge in [-0.1, -0.05) is 0 Å². The molecular formula is C18H36O17. The van der Waals surface area contributed by atoms with Crippen molar-refractivity contribution in [2.75, 3.05) is 33.0 Å². The van der Waals surface area contributed by atoms with Crippen LogP contribution in [-0.4, -0.2) is 184 Å². The van der Waals surface area contributed by atoms with E-state index in [4.69, 9.17) is 55.1 Å². The summed E-state index contributed by atoms with van der Waals surface area (Å²) < 4.78 is 15.4. The maximum atomic E-state index is 10.00. The van der Waals surface area contributed by atoms with Gasteiger partial charge in [-0.25, -0.2) is 0 Å². The van der Waals surface area contributed by atoms with Gasteiger partial charge in [0.15, 0.2) is 6.29 Å². The summed E-state index contributed by atoms with van der Waals surface area (Å²) in [5, 5.41) is 129. The third kappa shape index (κ3) is 7.43. The molecule has 17 nitrogen and oxygen atoms in total. The lowest BCUT2D eigenvalue weighted by molar-refractivity contribution is -0.383. The van der Waals surface area contributed by atoms with E-state index in [0.717, 1.165) is 0 Å². The highest BCUT2D eigenvalue weighted by Gasteiger charge is 2.58. The van der Waals surface area contributed by atoms with Crippen molar-refractivity contribution in [2.24, 2.45) is 0 Å². The van der Waals surface area contributed by atoms with E-state index in [-0.39, 0.29) is 0 Å². The Labute approximate surface area is 198 Å². The Morgan fingerprint density at radius 2 is 1.14 bits per heavy atom. The van der Waals surface area contributed by atoms with Crippen molar-refractivity contribution in [1.82, 2.24) is 0 Å². The Bertz CT molecular complexity index is 583. The van der Waals surface area contributed by atoms with Crippen molar-refractivity contribution in [3.63, 3.8) is 0 Å². The van der Waals surface area contributed by atoms with E-state index in [1.165, 1.54) is 0 Å². The molecule has 0 saturated carbocycles. The molecule has 0 radical (unpaired) electrons. The standard InChI is InChI=1S/C12H22O11.C6H14O6/c13-1-4-6(16)8(18)9(19)11(21-4)23-12(3-15)10(20)7(17)5(2-14)22-12;7-1-3(9)5(11)6(12)4(10)2-8/h4-11,13-20H,1-3H2;3-12H,1-2H2/t4-,5-,6-,7-,8+,9-,10+,11-,12+;3-,4-,5-,6-/m11/s1. The summed E-state index contributed by atoms with van der Waals surface area (Å²) in [4.78, 5) is 0. The molecule has 2 aliphatic rings. The molecule has 17 heteroatoms. The van der Waals surface area contributed by atoms with Crippen molar-refractivity contribution in [3.8, 4) is 0 Å². The van der Waals surface area contributed by atoms with Crippen LogP contribution >= 0.6 is 0 Å². The second-order valence-electron chi connectivity index (χ2n) is 8.04. The topological polar surface area (TPSA) is 311 Å². The summed E-state index contributed by atoms with van der Waals surface area (Å²) in [5.74, 6) is -2.22. The largest absolute Gasteiger partial charge is 0.394 e. The van der Waals surface area contributed by atoms with Crippen LogP contribution in [0.5, 0.6) is 0 Å². The molecule has 210 valence electrons. The summed E-state index contributed by atoms with van der Waals surface area (Å²) in [5.41, 5.74) is 0. The van der Waals surface area contributed by atoms with Crippen molar-refractivity contribution in [2.45, 2.75) is 79.2 Å². The maximum absolute atomic E-state index is 10.00. The number of ether oxygens (including phenoxy) is 3. The van der Waals surface area contributed by atoms with Crippen LogP contribution in [0.15, 0.2) is 0 Å². The third-order valence-corrected chi connectivity index (χ3v) is 5.58. The first-order valence-electron chi connectivity index (χ1n) is 10.5. The molecule has 2 heterocycles. The van der Waals surface area contributed by atoms with Gasteiger partial charge in [0, 0.05) is 0 Å². The lowest BCUT2D eigenvalue weighted by Gasteiger charge is -2.43. The van der Waals surface area contributed by atoms with Crippen LogP contribution in [0.3, 0.4) is 0 Å². The van der Waals surface area contributed by atoms with Gasteiger partial charge in [-0.3, -0.25) is 0 Å². The zero-order chi connectivity index (χ0) is 27.1. The molecule has 2 aliphatic heterocycles. The Hall–Kier alpha value is -0.680. The second-order valence-corrected chi connectivity index (χ2v) is 8.04. The van der Waals surface area contributed by atoms with Crippen LogP contribution in [0.25, 0.3) is 0 Å². The average molecular weight is 524 g/mol. The summed E-state index contributed by atoms with van der Waals surface area (Å²) >= 11 is 0. The Balaban J connectivity index is 0.000000434. The van der Waals surface area contributed by atoms with Gasteiger partial charge in [-0.15, -0.1) is 0 Å². The molecule has 0 aromatic carbocycles. The monoisotopic (exact) mass is 524 g/mol. The summed E-state index contributed by atoms with van der Waals surface area (Å²) in [6, 6.07) is 0. The minimum absolute atomic E-state index is 0.669. The van der Waals surface area contributed by atoms with Crippen LogP contribution in [0.1, 0.15) is 0 Å². The first-order valence-corrected chi connectivity index (χ1v) is 10.5. The third-order valence-electron chi connectivity index (χ3n) is 5.58. The molecule has 2 rings (SSSR count). The van der Waals surface area contributed by atoms with Crippen molar-refractivity contribution in [1.29, 1.82) is 0 Å². The molecule has 0 aliphatic carbocycles. The predicted octanol–water partition coefficient (Wildman–Crippen LogP) is -8.98. The van der Waals surface area contributed by atoms with E-state index >= 15 is 0 Å². The van der Waals surface area contributed by atoms with Crippen molar-refractivity contribution >= 4 is 0 Å². The quantitative estimate of drug-likeness (QED) is 0.126. The lowest BCUT2D eigenvalue weighted by Crippen LogP contribution is -2.62. The smallest absolute Gasteiger partial charge is 0.224 e. The molecule has 2 fully saturated rings. The number of aliphatic hydroxyl groups excluding tert-OH is 14. The molecule has 0 amide bonds. The highest BCUT2D eigenvalue weighted by Crippen LogP contribution is 2.35. The van der Waals surface area contributed by atoms with Crippen LogP contribution in [0.4, 0.5) is 0 Å². The molecular weight excluding hydrogens is 488 g/mol. The van der Waals surface area contributed by atoms with Crippen molar-refractivity contribution in [3.05, 3.63) is 0 Å². The first kappa shape index (κ1) is 32.3. The van der Waals surface area contributed by atoms with Gasteiger partial charge in [0.25, 0.3) is 0 Å². The first-order chi connectivity index (χ1) is 16.3. The van der Waals surface area contributed by atoms with Gasteiger partial charge in [0.1, 0.15) is 73.8 Å². The van der Waals surface area contributed by atoms with E-state index in [9.17, 15) is 30.6 Å². The summed E-state index contributed by atoms with van der Waals surface area (Å²) in [6.45, 7) is -3.77. The molecule has 0 unspecified atom stereocenters. The second kappa shape index (κ2) is 14.3. The van der Waals surface area contributed by atoms with Gasteiger partial charge in [0.05, 0.1) is 26.4 Å². The van der Waals surface area contributed by atoms with Crippen molar-refractivity contribution < 1.29 is 85.7 Å². The minimum atomic E-state index is -2.22. The fourth-order valence-electron chi connectivity index (χ4n) is 3.30. The number of hydrogen-bond acceptors (Lipinski definition) is 17. The van der Waals surface area contributed by atoms with Crippen LogP contribution in [-0.2, 0) is 14.2 Å². The predicted molar refractivity (Wildman–Crippen MR) is 107 cm³/mol. The Morgan fingerprint density at radius 3 is 1.51 bits per heavy atom. The highest BCUT2D eigenvalue weighted by molar-refractivity contribution is 4.98. The number of hydrogen-bond donors (Lipinski definition) is 14. The zero-order valence-corrected chi connectivity index (χ0v) is 18.4. The Morgan fingerprint density at radius 1 is 0.657 bits per heavy atom. The fourth-order valence-corrected chi connectivity index (χ4v) is 3.30. The zero-order valence-electron chi connectivity index (χ0n) is 18.4. The molecule has 0 spiro atoms. The molecule has 14 N–H and O–H groups in total. The van der Waals surface area contributed by atoms with E-state index in [1.807, 2.05) is 0 Å².